The van der Waals surface area contributed by atoms with Crippen LogP contribution in [-0.2, 0) is 0 Å². The van der Waals surface area contributed by atoms with Crippen molar-refractivity contribution < 1.29 is 9.21 Å². The number of benzene rings is 1. The predicted octanol–water partition coefficient (Wildman–Crippen LogP) is 2.73. The highest BCUT2D eigenvalue weighted by molar-refractivity contribution is 6.01. The molecule has 1 aliphatic carbocycles. The molecule has 0 amide bonds. The van der Waals surface area contributed by atoms with Crippen molar-refractivity contribution in [2.75, 3.05) is 0 Å². The van der Waals surface area contributed by atoms with Gasteiger partial charge in [-0.15, -0.1) is 0 Å². The van der Waals surface area contributed by atoms with Gasteiger partial charge in [-0.3, -0.25) is 4.79 Å². The summed E-state index contributed by atoms with van der Waals surface area (Å²) in [5.74, 6) is 1.15. The summed E-state index contributed by atoms with van der Waals surface area (Å²) in [5, 5.41) is 0. The summed E-state index contributed by atoms with van der Waals surface area (Å²) in [4.78, 5) is 16.0. The third-order valence-electron chi connectivity index (χ3n) is 2.73. The van der Waals surface area contributed by atoms with Crippen molar-refractivity contribution in [2.24, 2.45) is 5.92 Å². The summed E-state index contributed by atoms with van der Waals surface area (Å²) >= 11 is 0. The Hall–Kier alpha value is -1.64. The fraction of sp³-hybridized carbons (Fsp3) is 0.333. The van der Waals surface area contributed by atoms with Gasteiger partial charge in [0.05, 0.1) is 0 Å². The monoisotopic (exact) mass is 201 g/mol. The van der Waals surface area contributed by atoms with Gasteiger partial charge in [-0.25, -0.2) is 4.98 Å². The Labute approximate surface area is 87.1 Å². The first-order chi connectivity index (χ1) is 7.24. The van der Waals surface area contributed by atoms with E-state index in [2.05, 4.69) is 4.98 Å². The van der Waals surface area contributed by atoms with E-state index in [1.165, 1.54) is 0 Å². The van der Waals surface area contributed by atoms with Crippen molar-refractivity contribution >= 4 is 16.9 Å². The summed E-state index contributed by atoms with van der Waals surface area (Å²) in [6.45, 7) is 1.81. The zero-order valence-corrected chi connectivity index (χ0v) is 8.49. The van der Waals surface area contributed by atoms with Gasteiger partial charge in [0.1, 0.15) is 5.52 Å². The van der Waals surface area contributed by atoms with Crippen molar-refractivity contribution in [3.8, 4) is 0 Å². The average molecular weight is 201 g/mol. The minimum absolute atomic E-state index is 0.248. The smallest absolute Gasteiger partial charge is 0.192 e. The molecule has 0 unspecified atom stereocenters. The lowest BCUT2D eigenvalue weighted by atomic mass is 10.1. The normalized spacial score (nSPS) is 15.8. The number of fused-ring (bicyclic) bond motifs is 1. The number of carbonyl (C=O) groups is 1. The number of oxazole rings is 1. The number of aryl methyl sites for hydroxylation is 1. The first kappa shape index (κ1) is 8.65. The molecule has 3 nitrogen and oxygen atoms in total. The minimum atomic E-state index is 0.248. The van der Waals surface area contributed by atoms with E-state index in [0.29, 0.717) is 5.89 Å². The van der Waals surface area contributed by atoms with Gasteiger partial charge in [-0.2, -0.15) is 0 Å². The molecular formula is C12H11NO2. The van der Waals surface area contributed by atoms with E-state index in [-0.39, 0.29) is 11.7 Å². The average Bonchev–Trinajstić information content (AvgIpc) is 2.98. The minimum Gasteiger partial charge on any atom is -0.441 e. The van der Waals surface area contributed by atoms with E-state index in [9.17, 15) is 4.79 Å². The Morgan fingerprint density at radius 1 is 1.47 bits per heavy atom. The first-order valence-electron chi connectivity index (χ1n) is 5.15. The summed E-state index contributed by atoms with van der Waals surface area (Å²) in [6.07, 6.45) is 2.07. The van der Waals surface area contributed by atoms with Gasteiger partial charge in [-0.1, -0.05) is 0 Å². The van der Waals surface area contributed by atoms with Crippen LogP contribution in [0.5, 0.6) is 0 Å². The number of ketones is 1. The van der Waals surface area contributed by atoms with E-state index >= 15 is 0 Å². The summed E-state index contributed by atoms with van der Waals surface area (Å²) < 4.78 is 5.36. The third-order valence-corrected chi connectivity index (χ3v) is 2.73. The highest BCUT2D eigenvalue weighted by atomic mass is 16.3. The molecule has 0 bridgehead atoms. The van der Waals surface area contributed by atoms with E-state index < -0.39 is 0 Å². The van der Waals surface area contributed by atoms with Crippen LogP contribution in [0.15, 0.2) is 22.6 Å². The van der Waals surface area contributed by atoms with Crippen LogP contribution in [0.25, 0.3) is 11.1 Å². The third kappa shape index (κ3) is 1.44. The van der Waals surface area contributed by atoms with Gasteiger partial charge in [0.2, 0.25) is 0 Å². The molecule has 3 rings (SSSR count). The maximum Gasteiger partial charge on any atom is 0.192 e. The van der Waals surface area contributed by atoms with Gasteiger partial charge in [0, 0.05) is 18.4 Å². The molecule has 2 aromatic rings. The van der Waals surface area contributed by atoms with E-state index in [1.807, 2.05) is 25.1 Å². The number of Topliss-reactive ketones (excluding diaryl/α,β-unsaturated/α-hetero) is 1. The largest absolute Gasteiger partial charge is 0.441 e. The van der Waals surface area contributed by atoms with Crippen LogP contribution in [0, 0.1) is 12.8 Å². The fourth-order valence-electron chi connectivity index (χ4n) is 1.78. The lowest BCUT2D eigenvalue weighted by Gasteiger charge is -1.96. The molecule has 76 valence electrons. The second kappa shape index (κ2) is 2.92. The highest BCUT2D eigenvalue weighted by Gasteiger charge is 2.30. The van der Waals surface area contributed by atoms with Crippen LogP contribution in [0.4, 0.5) is 0 Å². The van der Waals surface area contributed by atoms with Crippen LogP contribution >= 0.6 is 0 Å². The van der Waals surface area contributed by atoms with Crippen molar-refractivity contribution in [3.05, 3.63) is 29.7 Å². The van der Waals surface area contributed by atoms with Crippen LogP contribution in [0.3, 0.4) is 0 Å². The zero-order chi connectivity index (χ0) is 10.4. The summed E-state index contributed by atoms with van der Waals surface area (Å²) in [5.41, 5.74) is 2.29. The van der Waals surface area contributed by atoms with Gasteiger partial charge in [0.15, 0.2) is 17.3 Å². The van der Waals surface area contributed by atoms with E-state index in [0.717, 1.165) is 29.5 Å². The van der Waals surface area contributed by atoms with Crippen LogP contribution < -0.4 is 0 Å². The summed E-state index contributed by atoms with van der Waals surface area (Å²) in [7, 11) is 0. The second-order valence-corrected chi connectivity index (χ2v) is 4.05. The number of nitrogens with zero attached hydrogens (tertiary/aromatic N) is 1. The molecule has 0 aliphatic heterocycles. The molecule has 1 heterocycles. The SMILES string of the molecule is Cc1nc2cc(C(=O)C3CC3)ccc2o1. The number of hydrogen-bond acceptors (Lipinski definition) is 3. The molecular weight excluding hydrogens is 190 g/mol. The number of carbonyl (C=O) groups excluding carboxylic acids is 1. The second-order valence-electron chi connectivity index (χ2n) is 4.05. The Bertz CT molecular complexity index is 538. The van der Waals surface area contributed by atoms with Crippen LogP contribution in [-0.4, -0.2) is 10.8 Å². The molecule has 1 fully saturated rings. The van der Waals surface area contributed by atoms with E-state index in [4.69, 9.17) is 4.42 Å². The van der Waals surface area contributed by atoms with Crippen molar-refractivity contribution in [1.82, 2.24) is 4.98 Å². The molecule has 1 aromatic carbocycles. The van der Waals surface area contributed by atoms with E-state index in [1.54, 1.807) is 0 Å². The quantitative estimate of drug-likeness (QED) is 0.701. The predicted molar refractivity (Wildman–Crippen MR) is 55.8 cm³/mol. The number of hydrogen-bond donors (Lipinski definition) is 0. The van der Waals surface area contributed by atoms with Crippen LogP contribution in [0.2, 0.25) is 0 Å². The molecule has 1 aromatic heterocycles. The Balaban J connectivity index is 2.08. The number of aromatic nitrogens is 1. The van der Waals surface area contributed by atoms with Gasteiger partial charge >= 0.3 is 0 Å². The Morgan fingerprint density at radius 3 is 3.00 bits per heavy atom. The number of rotatable bonds is 2. The molecule has 1 saturated carbocycles. The summed E-state index contributed by atoms with van der Waals surface area (Å²) in [6, 6.07) is 5.48. The Kier molecular flexibility index (Phi) is 1.69. The van der Waals surface area contributed by atoms with Crippen molar-refractivity contribution in [1.29, 1.82) is 0 Å². The molecule has 15 heavy (non-hydrogen) atoms. The molecule has 0 saturated heterocycles. The molecule has 0 N–H and O–H groups in total. The van der Waals surface area contributed by atoms with Crippen molar-refractivity contribution in [3.63, 3.8) is 0 Å². The first-order valence-corrected chi connectivity index (χ1v) is 5.15. The molecule has 3 heteroatoms. The van der Waals surface area contributed by atoms with Gasteiger partial charge in [0.25, 0.3) is 0 Å². The standard InChI is InChI=1S/C12H11NO2/c1-7-13-10-6-9(4-5-11(10)15-7)12(14)8-2-3-8/h4-6,8H,2-3H2,1H3. The lowest BCUT2D eigenvalue weighted by molar-refractivity contribution is 0.0968. The maximum atomic E-state index is 11.8. The molecule has 1 aliphatic rings. The lowest BCUT2D eigenvalue weighted by Crippen LogP contribution is -2.00. The van der Waals surface area contributed by atoms with Crippen molar-refractivity contribution in [2.45, 2.75) is 19.8 Å². The topological polar surface area (TPSA) is 43.1 Å². The Morgan fingerprint density at radius 2 is 2.27 bits per heavy atom. The van der Waals surface area contributed by atoms with Gasteiger partial charge < -0.3 is 4.42 Å². The van der Waals surface area contributed by atoms with Gasteiger partial charge in [-0.05, 0) is 31.0 Å². The molecule has 0 spiro atoms. The zero-order valence-electron chi connectivity index (χ0n) is 8.49. The molecule has 0 radical (unpaired) electrons. The fourth-order valence-corrected chi connectivity index (χ4v) is 1.78. The highest BCUT2D eigenvalue weighted by Crippen LogP contribution is 2.33. The molecule has 0 atom stereocenters. The van der Waals surface area contributed by atoms with Crippen LogP contribution in [0.1, 0.15) is 29.1 Å². The maximum absolute atomic E-state index is 11.8.